The fourth-order valence-electron chi connectivity index (χ4n) is 2.21. The zero-order chi connectivity index (χ0) is 14.7. The minimum absolute atomic E-state index is 0.551. The monoisotopic (exact) mass is 316 g/mol. The fraction of sp³-hybridized carbons (Fsp3) is 0.118. The summed E-state index contributed by atoms with van der Waals surface area (Å²) in [6, 6.07) is 16.0. The highest BCUT2D eigenvalue weighted by Crippen LogP contribution is 2.27. The molecule has 2 aromatic carbocycles. The first-order valence-corrected chi connectivity index (χ1v) is 7.51. The molecule has 0 radical (unpaired) electrons. The minimum atomic E-state index is 0.551. The van der Waals surface area contributed by atoms with Crippen LogP contribution < -0.4 is 0 Å². The number of nitrogens with zero attached hydrogens (tertiary/aromatic N) is 1. The van der Waals surface area contributed by atoms with Crippen molar-refractivity contribution in [2.45, 2.75) is 12.8 Å². The molecule has 0 aliphatic heterocycles. The van der Waals surface area contributed by atoms with E-state index >= 15 is 0 Å². The molecule has 0 saturated heterocycles. The molecule has 2 nitrogen and oxygen atoms in total. The van der Waals surface area contributed by atoms with Crippen LogP contribution in [0, 0.1) is 0 Å². The third-order valence-electron chi connectivity index (χ3n) is 3.35. The van der Waals surface area contributed by atoms with Crippen molar-refractivity contribution in [1.82, 2.24) is 9.97 Å². The molecule has 1 aromatic heterocycles. The van der Waals surface area contributed by atoms with Crippen molar-refractivity contribution in [3.05, 3.63) is 76.2 Å². The number of aromatic nitrogens is 2. The van der Waals surface area contributed by atoms with Crippen LogP contribution in [0.3, 0.4) is 0 Å². The number of H-pyrrole nitrogens is 1. The molecule has 3 rings (SSSR count). The number of hydrogen-bond acceptors (Lipinski definition) is 1. The van der Waals surface area contributed by atoms with Crippen molar-refractivity contribution in [2.24, 2.45) is 0 Å². The first-order valence-electron chi connectivity index (χ1n) is 6.75. The summed E-state index contributed by atoms with van der Waals surface area (Å²) in [6.45, 7) is 0. The molecule has 0 saturated carbocycles. The van der Waals surface area contributed by atoms with E-state index in [1.807, 2.05) is 24.4 Å². The van der Waals surface area contributed by atoms with E-state index in [2.05, 4.69) is 34.2 Å². The van der Waals surface area contributed by atoms with Crippen molar-refractivity contribution in [2.75, 3.05) is 0 Å². The Labute approximate surface area is 133 Å². The van der Waals surface area contributed by atoms with Gasteiger partial charge in [-0.15, -0.1) is 0 Å². The third-order valence-corrected chi connectivity index (χ3v) is 4.09. The molecule has 0 spiro atoms. The van der Waals surface area contributed by atoms with Crippen LogP contribution in [0.5, 0.6) is 0 Å². The molecule has 0 aliphatic carbocycles. The first kappa shape index (κ1) is 14.2. The van der Waals surface area contributed by atoms with Gasteiger partial charge in [-0.05, 0) is 24.1 Å². The summed E-state index contributed by atoms with van der Waals surface area (Å²) in [7, 11) is 0. The second-order valence-corrected chi connectivity index (χ2v) is 5.67. The molecule has 0 fully saturated rings. The number of rotatable bonds is 4. The molecule has 0 aliphatic rings. The molecule has 1 N–H and O–H groups in total. The Balaban J connectivity index is 1.72. The van der Waals surface area contributed by atoms with Gasteiger partial charge in [0.05, 0.1) is 21.9 Å². The average molecular weight is 317 g/mol. The first-order chi connectivity index (χ1) is 10.2. The Kier molecular flexibility index (Phi) is 4.28. The van der Waals surface area contributed by atoms with E-state index in [1.54, 1.807) is 6.07 Å². The van der Waals surface area contributed by atoms with Gasteiger partial charge in [-0.2, -0.15) is 0 Å². The third kappa shape index (κ3) is 3.46. The Morgan fingerprint density at radius 1 is 0.905 bits per heavy atom. The van der Waals surface area contributed by atoms with Gasteiger partial charge < -0.3 is 4.98 Å². The molecule has 0 amide bonds. The van der Waals surface area contributed by atoms with Gasteiger partial charge in [0, 0.05) is 12.0 Å². The van der Waals surface area contributed by atoms with Gasteiger partial charge >= 0.3 is 0 Å². The van der Waals surface area contributed by atoms with Crippen molar-refractivity contribution < 1.29 is 0 Å². The zero-order valence-corrected chi connectivity index (χ0v) is 12.8. The van der Waals surface area contributed by atoms with Crippen molar-refractivity contribution >= 4 is 23.2 Å². The van der Waals surface area contributed by atoms with Gasteiger partial charge in [-0.3, -0.25) is 0 Å². The molecular weight excluding hydrogens is 303 g/mol. The number of imidazole rings is 1. The highest BCUT2D eigenvalue weighted by molar-refractivity contribution is 6.42. The van der Waals surface area contributed by atoms with Gasteiger partial charge in [-0.25, -0.2) is 4.98 Å². The maximum absolute atomic E-state index is 6.05. The standard InChI is InChI=1S/C17H14Cl2N2/c18-14-8-7-13(10-15(14)19)16-11-20-17(21-16)9-6-12-4-2-1-3-5-12/h1-5,7-8,10-11H,6,9H2,(H,20,21). The summed E-state index contributed by atoms with van der Waals surface area (Å²) in [4.78, 5) is 7.76. The molecule has 0 bridgehead atoms. The zero-order valence-electron chi connectivity index (χ0n) is 11.3. The van der Waals surface area contributed by atoms with Crippen molar-refractivity contribution in [1.29, 1.82) is 0 Å². The van der Waals surface area contributed by atoms with Gasteiger partial charge in [-0.1, -0.05) is 59.6 Å². The number of halogens is 2. The molecule has 1 heterocycles. The van der Waals surface area contributed by atoms with Crippen LogP contribution in [-0.2, 0) is 12.8 Å². The summed E-state index contributed by atoms with van der Waals surface area (Å²) in [6.07, 6.45) is 3.68. The van der Waals surface area contributed by atoms with Crippen LogP contribution in [0.2, 0.25) is 10.0 Å². The lowest BCUT2D eigenvalue weighted by Gasteiger charge is -2.01. The number of benzene rings is 2. The molecule has 4 heteroatoms. The van der Waals surface area contributed by atoms with Crippen LogP contribution in [0.15, 0.2) is 54.7 Å². The van der Waals surface area contributed by atoms with Crippen molar-refractivity contribution in [3.63, 3.8) is 0 Å². The van der Waals surface area contributed by atoms with E-state index in [1.165, 1.54) is 5.56 Å². The fourth-order valence-corrected chi connectivity index (χ4v) is 2.51. The van der Waals surface area contributed by atoms with E-state index in [0.29, 0.717) is 10.0 Å². The summed E-state index contributed by atoms with van der Waals surface area (Å²) in [5.74, 6) is 0.972. The van der Waals surface area contributed by atoms with Gasteiger partial charge in [0.2, 0.25) is 0 Å². The lowest BCUT2D eigenvalue weighted by atomic mass is 10.1. The van der Waals surface area contributed by atoms with E-state index in [0.717, 1.165) is 29.9 Å². The highest BCUT2D eigenvalue weighted by Gasteiger charge is 2.06. The molecule has 3 aromatic rings. The predicted molar refractivity (Wildman–Crippen MR) is 87.9 cm³/mol. The highest BCUT2D eigenvalue weighted by atomic mass is 35.5. The predicted octanol–water partition coefficient (Wildman–Crippen LogP) is 5.17. The van der Waals surface area contributed by atoms with Crippen LogP contribution in [0.4, 0.5) is 0 Å². The Hall–Kier alpha value is -1.77. The second kappa shape index (κ2) is 6.33. The Bertz CT molecular complexity index is 736. The smallest absolute Gasteiger partial charge is 0.106 e. The summed E-state index contributed by atoms with van der Waals surface area (Å²) in [5, 5.41) is 1.11. The Morgan fingerprint density at radius 2 is 1.71 bits per heavy atom. The molecule has 0 unspecified atom stereocenters. The molecule has 21 heavy (non-hydrogen) atoms. The number of hydrogen-bond donors (Lipinski definition) is 1. The topological polar surface area (TPSA) is 28.7 Å². The van der Waals surface area contributed by atoms with E-state index in [4.69, 9.17) is 23.2 Å². The summed E-state index contributed by atoms with van der Waals surface area (Å²) in [5.41, 5.74) is 3.25. The maximum atomic E-state index is 6.05. The van der Waals surface area contributed by atoms with Crippen LogP contribution >= 0.6 is 23.2 Å². The van der Waals surface area contributed by atoms with E-state index in [-0.39, 0.29) is 0 Å². The quantitative estimate of drug-likeness (QED) is 0.706. The number of nitrogens with one attached hydrogen (secondary N) is 1. The van der Waals surface area contributed by atoms with Crippen LogP contribution in [-0.4, -0.2) is 9.97 Å². The maximum Gasteiger partial charge on any atom is 0.106 e. The normalized spacial score (nSPS) is 10.8. The second-order valence-electron chi connectivity index (χ2n) is 4.86. The van der Waals surface area contributed by atoms with Gasteiger partial charge in [0.15, 0.2) is 0 Å². The van der Waals surface area contributed by atoms with E-state index in [9.17, 15) is 0 Å². The molecule has 106 valence electrons. The SMILES string of the molecule is Clc1ccc(-c2cnc(CCc3ccccc3)[nH]2)cc1Cl. The molecular formula is C17H14Cl2N2. The average Bonchev–Trinajstić information content (AvgIpc) is 2.98. The Morgan fingerprint density at radius 3 is 2.48 bits per heavy atom. The van der Waals surface area contributed by atoms with E-state index < -0.39 is 0 Å². The summed E-state index contributed by atoms with van der Waals surface area (Å²) < 4.78 is 0. The summed E-state index contributed by atoms with van der Waals surface area (Å²) >= 11 is 12.0. The van der Waals surface area contributed by atoms with Gasteiger partial charge in [0.25, 0.3) is 0 Å². The minimum Gasteiger partial charge on any atom is -0.342 e. The van der Waals surface area contributed by atoms with Crippen molar-refractivity contribution in [3.8, 4) is 11.3 Å². The lowest BCUT2D eigenvalue weighted by Crippen LogP contribution is -1.93. The number of aromatic amines is 1. The van der Waals surface area contributed by atoms with Crippen LogP contribution in [0.25, 0.3) is 11.3 Å². The van der Waals surface area contributed by atoms with Gasteiger partial charge in [0.1, 0.15) is 5.82 Å². The number of aryl methyl sites for hydroxylation is 2. The lowest BCUT2D eigenvalue weighted by molar-refractivity contribution is 0.885. The van der Waals surface area contributed by atoms with Crippen LogP contribution in [0.1, 0.15) is 11.4 Å². The molecule has 0 atom stereocenters. The largest absolute Gasteiger partial charge is 0.342 e.